The van der Waals surface area contributed by atoms with Crippen LogP contribution in [0.25, 0.3) is 10.9 Å². The first-order valence-corrected chi connectivity index (χ1v) is 10.4. The number of anilines is 1. The summed E-state index contributed by atoms with van der Waals surface area (Å²) in [5.74, 6) is 0.191. The highest BCUT2D eigenvalue weighted by Crippen LogP contribution is 2.45. The van der Waals surface area contributed by atoms with E-state index in [0.29, 0.717) is 41.9 Å². The van der Waals surface area contributed by atoms with E-state index in [2.05, 4.69) is 22.2 Å². The Kier molecular flexibility index (Phi) is 4.65. The molecule has 2 aliphatic heterocycles. The van der Waals surface area contributed by atoms with Crippen LogP contribution in [0.5, 0.6) is 11.5 Å². The van der Waals surface area contributed by atoms with Crippen LogP contribution in [0.15, 0.2) is 29.2 Å². The van der Waals surface area contributed by atoms with E-state index in [-0.39, 0.29) is 29.8 Å². The molecule has 0 amide bonds. The average molecular weight is 429 g/mol. The van der Waals surface area contributed by atoms with E-state index in [1.165, 1.54) is 12.3 Å². The summed E-state index contributed by atoms with van der Waals surface area (Å²) >= 11 is 0. The Hall–Kier alpha value is -3.07. The fourth-order valence-corrected chi connectivity index (χ4v) is 5.24. The van der Waals surface area contributed by atoms with Crippen molar-refractivity contribution in [3.63, 3.8) is 0 Å². The number of allylic oxidation sites excluding steroid dienone is 1. The lowest BCUT2D eigenvalue weighted by Crippen LogP contribution is -2.38. The molecule has 3 aliphatic rings. The van der Waals surface area contributed by atoms with Crippen LogP contribution in [0.1, 0.15) is 19.4 Å². The minimum atomic E-state index is -1.59. The number of likely N-dealkylation sites (N-methyl/N-ethyl adjacent to an activating group) is 1. The average Bonchev–Trinajstić information content (AvgIpc) is 3.16. The topological polar surface area (TPSA) is 93.0 Å². The van der Waals surface area contributed by atoms with Crippen molar-refractivity contribution in [2.24, 2.45) is 11.8 Å². The largest absolute Gasteiger partial charge is 0.511 e. The molecule has 31 heavy (non-hydrogen) atoms. The molecule has 0 bridgehead atoms. The van der Waals surface area contributed by atoms with Gasteiger partial charge in [0.25, 0.3) is 0 Å². The highest BCUT2D eigenvalue weighted by Gasteiger charge is 2.40. The van der Waals surface area contributed by atoms with Gasteiger partial charge >= 0.3 is 6.16 Å². The van der Waals surface area contributed by atoms with Gasteiger partial charge < -0.3 is 29.4 Å². The summed E-state index contributed by atoms with van der Waals surface area (Å²) in [5, 5.41) is 12.3. The molecule has 1 aromatic carbocycles. The maximum Gasteiger partial charge on any atom is 0.511 e. The van der Waals surface area contributed by atoms with Gasteiger partial charge in [-0.25, -0.2) is 9.18 Å². The number of halogens is 1. The summed E-state index contributed by atoms with van der Waals surface area (Å²) in [4.78, 5) is 25.9. The van der Waals surface area contributed by atoms with E-state index in [4.69, 9.17) is 9.84 Å². The quantitative estimate of drug-likeness (QED) is 0.572. The van der Waals surface area contributed by atoms with Crippen molar-refractivity contribution in [1.29, 1.82) is 0 Å². The summed E-state index contributed by atoms with van der Waals surface area (Å²) < 4.78 is 27.8. The zero-order valence-corrected chi connectivity index (χ0v) is 17.3. The smallest absolute Gasteiger partial charge is 0.487 e. The van der Waals surface area contributed by atoms with Crippen LogP contribution in [0.4, 0.5) is 14.9 Å². The highest BCUT2D eigenvalue weighted by atomic mass is 19.1. The van der Waals surface area contributed by atoms with Crippen LogP contribution in [-0.4, -0.2) is 48.6 Å². The van der Waals surface area contributed by atoms with Crippen molar-refractivity contribution in [1.82, 2.24) is 9.88 Å². The van der Waals surface area contributed by atoms with Crippen molar-refractivity contribution < 1.29 is 23.8 Å². The first-order chi connectivity index (χ1) is 14.9. The number of nitrogens with zero attached hydrogens (tertiary/aromatic N) is 2. The van der Waals surface area contributed by atoms with Crippen LogP contribution < -0.4 is 25.1 Å². The van der Waals surface area contributed by atoms with Crippen molar-refractivity contribution in [2.75, 3.05) is 31.6 Å². The van der Waals surface area contributed by atoms with Crippen LogP contribution >= 0.6 is 0 Å². The standard InChI is InChI=1S/C22H24FN3O5/c1-11-10-30-21-18-13(20(27)17(9-26(11)18)31-22(28)29)6-15(23)19(21)25-7-12-4-3-5-16(24-2)14(12)8-25/h3,5-6,9,11-12,14,16,24H,4,7-8,10H2,1-2H3,(H,28,29). The molecule has 3 heterocycles. The second-order valence-electron chi connectivity index (χ2n) is 8.50. The molecule has 8 nitrogen and oxygen atoms in total. The second kappa shape index (κ2) is 7.26. The lowest BCUT2D eigenvalue weighted by Gasteiger charge is -2.31. The third-order valence-corrected chi connectivity index (χ3v) is 6.69. The van der Waals surface area contributed by atoms with Crippen molar-refractivity contribution in [2.45, 2.75) is 25.4 Å². The van der Waals surface area contributed by atoms with Gasteiger partial charge in [0.2, 0.25) is 5.43 Å². The van der Waals surface area contributed by atoms with Gasteiger partial charge in [0.05, 0.1) is 23.1 Å². The summed E-state index contributed by atoms with van der Waals surface area (Å²) in [6.07, 6.45) is 5.08. The maximum atomic E-state index is 15.4. The minimum absolute atomic E-state index is 0.0490. The van der Waals surface area contributed by atoms with Gasteiger partial charge in [0.15, 0.2) is 17.3 Å². The summed E-state index contributed by atoms with van der Waals surface area (Å²) in [5.41, 5.74) is 0.160. The van der Waals surface area contributed by atoms with E-state index in [1.54, 1.807) is 4.57 Å². The summed E-state index contributed by atoms with van der Waals surface area (Å²) in [7, 11) is 1.93. The Morgan fingerprint density at radius 2 is 2.19 bits per heavy atom. The van der Waals surface area contributed by atoms with Crippen LogP contribution in [-0.2, 0) is 0 Å². The summed E-state index contributed by atoms with van der Waals surface area (Å²) in [6, 6.07) is 1.24. The molecule has 0 spiro atoms. The molecule has 2 aromatic rings. The zero-order valence-electron chi connectivity index (χ0n) is 17.3. The van der Waals surface area contributed by atoms with Crippen molar-refractivity contribution in [3.05, 3.63) is 40.5 Å². The number of carboxylic acid groups (broad SMARTS) is 1. The third kappa shape index (κ3) is 3.06. The molecular formula is C22H24FN3O5. The van der Waals surface area contributed by atoms with E-state index < -0.39 is 17.4 Å². The molecule has 1 aliphatic carbocycles. The molecule has 1 saturated heterocycles. The van der Waals surface area contributed by atoms with E-state index in [0.717, 1.165) is 6.42 Å². The number of carbonyl (C=O) groups is 1. The molecule has 0 radical (unpaired) electrons. The second-order valence-corrected chi connectivity index (χ2v) is 8.50. The van der Waals surface area contributed by atoms with E-state index in [9.17, 15) is 9.59 Å². The number of fused-ring (bicyclic) bond motifs is 1. The molecule has 1 fully saturated rings. The third-order valence-electron chi connectivity index (χ3n) is 6.69. The van der Waals surface area contributed by atoms with Gasteiger partial charge in [-0.1, -0.05) is 12.2 Å². The van der Waals surface area contributed by atoms with E-state index in [1.807, 2.05) is 18.9 Å². The van der Waals surface area contributed by atoms with Gasteiger partial charge in [-0.3, -0.25) is 4.79 Å². The number of benzene rings is 1. The number of hydrogen-bond donors (Lipinski definition) is 2. The zero-order chi connectivity index (χ0) is 21.9. The van der Waals surface area contributed by atoms with Crippen LogP contribution in [0.3, 0.4) is 0 Å². The normalized spacial score (nSPS) is 26.6. The van der Waals surface area contributed by atoms with Crippen molar-refractivity contribution >= 4 is 22.7 Å². The molecule has 4 unspecified atom stereocenters. The molecular weight excluding hydrogens is 405 g/mol. The van der Waals surface area contributed by atoms with Gasteiger partial charge in [-0.15, -0.1) is 0 Å². The number of aromatic nitrogens is 1. The first-order valence-electron chi connectivity index (χ1n) is 10.4. The molecule has 5 rings (SSSR count). The monoisotopic (exact) mass is 429 g/mol. The SMILES string of the molecule is CNC1C=CCC2CN(c3c(F)cc4c(=O)c(OC(=O)O)cn5c4c3OCC5C)CC21. The fraction of sp³-hybridized carbons (Fsp3) is 0.455. The number of hydrogen-bond acceptors (Lipinski definition) is 6. The number of rotatable bonds is 3. The van der Waals surface area contributed by atoms with Gasteiger partial charge in [0, 0.05) is 25.0 Å². The van der Waals surface area contributed by atoms with Gasteiger partial charge in [-0.2, -0.15) is 0 Å². The lowest BCUT2D eigenvalue weighted by atomic mass is 9.82. The predicted octanol–water partition coefficient (Wildman–Crippen LogP) is 2.75. The van der Waals surface area contributed by atoms with Crippen LogP contribution in [0, 0.1) is 17.7 Å². The Morgan fingerprint density at radius 1 is 1.39 bits per heavy atom. The fourth-order valence-electron chi connectivity index (χ4n) is 5.24. The number of pyridine rings is 1. The van der Waals surface area contributed by atoms with Gasteiger partial charge in [-0.05, 0) is 32.4 Å². The summed E-state index contributed by atoms with van der Waals surface area (Å²) in [6.45, 7) is 3.54. The maximum absolute atomic E-state index is 15.4. The molecule has 0 saturated carbocycles. The van der Waals surface area contributed by atoms with E-state index >= 15 is 4.39 Å². The molecule has 4 atom stereocenters. The highest BCUT2D eigenvalue weighted by molar-refractivity contribution is 5.93. The Labute approximate surface area is 177 Å². The molecule has 1 aromatic heterocycles. The Bertz CT molecular complexity index is 1160. The van der Waals surface area contributed by atoms with Crippen LogP contribution in [0.2, 0.25) is 0 Å². The molecule has 164 valence electrons. The number of nitrogens with one attached hydrogen (secondary N) is 1. The van der Waals surface area contributed by atoms with Gasteiger partial charge in [0.1, 0.15) is 12.3 Å². The lowest BCUT2D eigenvalue weighted by molar-refractivity contribution is 0.143. The first kappa shape index (κ1) is 19.9. The Morgan fingerprint density at radius 3 is 2.94 bits per heavy atom. The number of ether oxygens (including phenoxy) is 2. The predicted molar refractivity (Wildman–Crippen MR) is 113 cm³/mol. The molecule has 2 N–H and O–H groups in total. The Balaban J connectivity index is 1.66. The molecule has 9 heteroatoms. The van der Waals surface area contributed by atoms with Crippen molar-refractivity contribution in [3.8, 4) is 11.5 Å². The minimum Gasteiger partial charge on any atom is -0.487 e.